The standard InChI is InChI=1S/C23H32N2O4/c1-16(2)21-23(28)25-22(18-11-5-4-6-12-18)17(3)10-9-14-20(27)29-15-8-7-13-19(26)24-21/h4-6,9-12,16-17,21-22H,7-8,13-15H2,1-3H3,(H,24,26)(H,25,28)/b10-9+/t17-,21+,22+/m0/s1. The Bertz CT molecular complexity index is 715. The molecule has 0 spiro atoms. The van der Waals surface area contributed by atoms with E-state index in [-0.39, 0.29) is 42.1 Å². The average Bonchev–Trinajstić information content (AvgIpc) is 2.69. The lowest BCUT2D eigenvalue weighted by Crippen LogP contribution is -2.51. The molecular formula is C23H32N2O4. The summed E-state index contributed by atoms with van der Waals surface area (Å²) in [6.07, 6.45) is 5.43. The number of amides is 2. The Hall–Kier alpha value is -2.63. The van der Waals surface area contributed by atoms with Crippen molar-refractivity contribution in [2.75, 3.05) is 6.61 Å². The predicted octanol–water partition coefficient (Wildman–Crippen LogP) is 3.29. The van der Waals surface area contributed by atoms with Gasteiger partial charge in [0.1, 0.15) is 6.04 Å². The van der Waals surface area contributed by atoms with Crippen molar-refractivity contribution in [3.05, 3.63) is 48.0 Å². The van der Waals surface area contributed by atoms with E-state index in [2.05, 4.69) is 10.6 Å². The minimum Gasteiger partial charge on any atom is -0.465 e. The lowest BCUT2D eigenvalue weighted by Gasteiger charge is -2.28. The van der Waals surface area contributed by atoms with E-state index in [9.17, 15) is 14.4 Å². The fourth-order valence-electron chi connectivity index (χ4n) is 3.32. The molecule has 0 fully saturated rings. The van der Waals surface area contributed by atoms with Crippen molar-refractivity contribution in [2.24, 2.45) is 11.8 Å². The van der Waals surface area contributed by atoms with Crippen LogP contribution in [0.4, 0.5) is 0 Å². The van der Waals surface area contributed by atoms with Crippen molar-refractivity contribution < 1.29 is 19.1 Å². The first kappa shape index (κ1) is 22.7. The summed E-state index contributed by atoms with van der Waals surface area (Å²) in [5.41, 5.74) is 0.968. The first-order chi connectivity index (χ1) is 13.9. The van der Waals surface area contributed by atoms with E-state index in [1.807, 2.05) is 57.2 Å². The number of hydrogen-bond acceptors (Lipinski definition) is 4. The fraction of sp³-hybridized carbons (Fsp3) is 0.522. The van der Waals surface area contributed by atoms with E-state index in [1.54, 1.807) is 6.08 Å². The summed E-state index contributed by atoms with van der Waals surface area (Å²) in [4.78, 5) is 37.2. The topological polar surface area (TPSA) is 84.5 Å². The molecule has 6 heteroatoms. The molecule has 1 aromatic carbocycles. The van der Waals surface area contributed by atoms with Gasteiger partial charge in [0.05, 0.1) is 19.1 Å². The van der Waals surface area contributed by atoms with Crippen LogP contribution in [-0.4, -0.2) is 30.4 Å². The summed E-state index contributed by atoms with van der Waals surface area (Å²) in [7, 11) is 0. The Balaban J connectivity index is 2.28. The number of ether oxygens (including phenoxy) is 1. The summed E-state index contributed by atoms with van der Waals surface area (Å²) in [5.74, 6) is -0.743. The van der Waals surface area contributed by atoms with Crippen molar-refractivity contribution in [1.82, 2.24) is 10.6 Å². The maximum Gasteiger partial charge on any atom is 0.309 e. The number of cyclic esters (lactones) is 1. The molecule has 3 atom stereocenters. The molecule has 2 N–H and O–H groups in total. The zero-order valence-electron chi connectivity index (χ0n) is 17.5. The van der Waals surface area contributed by atoms with Gasteiger partial charge in [-0.25, -0.2) is 0 Å². The summed E-state index contributed by atoms with van der Waals surface area (Å²) < 4.78 is 5.21. The Labute approximate surface area is 173 Å². The minimum atomic E-state index is -0.601. The van der Waals surface area contributed by atoms with Crippen molar-refractivity contribution >= 4 is 17.8 Å². The summed E-state index contributed by atoms with van der Waals surface area (Å²) in [5, 5.41) is 5.97. The molecular weight excluding hydrogens is 368 g/mol. The third kappa shape index (κ3) is 7.37. The Morgan fingerprint density at radius 1 is 1.03 bits per heavy atom. The van der Waals surface area contributed by atoms with Crippen LogP contribution in [0.5, 0.6) is 0 Å². The average molecular weight is 401 g/mol. The summed E-state index contributed by atoms with van der Waals surface area (Å²) in [6, 6.07) is 8.83. The molecule has 0 unspecified atom stereocenters. The van der Waals surface area contributed by atoms with Gasteiger partial charge in [0.15, 0.2) is 0 Å². The number of rotatable bonds is 2. The zero-order valence-corrected chi connectivity index (χ0v) is 17.5. The van der Waals surface area contributed by atoms with Gasteiger partial charge in [-0.05, 0) is 30.2 Å². The van der Waals surface area contributed by atoms with Gasteiger partial charge in [-0.3, -0.25) is 14.4 Å². The zero-order chi connectivity index (χ0) is 21.2. The quantitative estimate of drug-likeness (QED) is 0.589. The number of carbonyl (C=O) groups excluding carboxylic acids is 3. The molecule has 29 heavy (non-hydrogen) atoms. The van der Waals surface area contributed by atoms with Gasteiger partial charge in [-0.1, -0.05) is 63.3 Å². The van der Waals surface area contributed by atoms with Crippen LogP contribution >= 0.6 is 0 Å². The van der Waals surface area contributed by atoms with Crippen LogP contribution < -0.4 is 10.6 Å². The molecule has 1 aliphatic heterocycles. The normalized spacial score (nSPS) is 26.3. The smallest absolute Gasteiger partial charge is 0.309 e. The van der Waals surface area contributed by atoms with Crippen molar-refractivity contribution in [3.8, 4) is 0 Å². The highest BCUT2D eigenvalue weighted by atomic mass is 16.5. The van der Waals surface area contributed by atoms with Gasteiger partial charge >= 0.3 is 5.97 Å². The Morgan fingerprint density at radius 2 is 1.76 bits per heavy atom. The second-order valence-corrected chi connectivity index (χ2v) is 7.86. The van der Waals surface area contributed by atoms with E-state index in [4.69, 9.17) is 4.74 Å². The Morgan fingerprint density at radius 3 is 2.45 bits per heavy atom. The van der Waals surface area contributed by atoms with Crippen LogP contribution in [0, 0.1) is 11.8 Å². The largest absolute Gasteiger partial charge is 0.465 e. The predicted molar refractivity (Wildman–Crippen MR) is 112 cm³/mol. The van der Waals surface area contributed by atoms with Crippen molar-refractivity contribution in [1.29, 1.82) is 0 Å². The van der Waals surface area contributed by atoms with Gasteiger partial charge in [0, 0.05) is 6.42 Å². The van der Waals surface area contributed by atoms with Crippen LogP contribution in [0.1, 0.15) is 58.1 Å². The lowest BCUT2D eigenvalue weighted by atomic mass is 9.92. The molecule has 1 aliphatic rings. The van der Waals surface area contributed by atoms with E-state index in [0.29, 0.717) is 25.9 Å². The molecule has 158 valence electrons. The molecule has 0 bridgehead atoms. The second-order valence-electron chi connectivity index (χ2n) is 7.86. The highest BCUT2D eigenvalue weighted by Gasteiger charge is 2.28. The minimum absolute atomic E-state index is 0.0407. The van der Waals surface area contributed by atoms with E-state index < -0.39 is 6.04 Å². The number of benzene rings is 1. The molecule has 0 saturated heterocycles. The first-order valence-corrected chi connectivity index (χ1v) is 10.4. The number of esters is 1. The molecule has 6 nitrogen and oxygen atoms in total. The number of carbonyl (C=O) groups is 3. The summed E-state index contributed by atoms with van der Waals surface area (Å²) in [6.45, 7) is 6.13. The van der Waals surface area contributed by atoms with Gasteiger partial charge < -0.3 is 15.4 Å². The van der Waals surface area contributed by atoms with E-state index >= 15 is 0 Å². The molecule has 1 aromatic rings. The molecule has 0 saturated carbocycles. The number of nitrogens with one attached hydrogen (secondary N) is 2. The first-order valence-electron chi connectivity index (χ1n) is 10.4. The van der Waals surface area contributed by atoms with Crippen molar-refractivity contribution in [2.45, 2.75) is 58.5 Å². The van der Waals surface area contributed by atoms with Gasteiger partial charge in [-0.15, -0.1) is 0 Å². The van der Waals surface area contributed by atoms with Crippen molar-refractivity contribution in [3.63, 3.8) is 0 Å². The van der Waals surface area contributed by atoms with Gasteiger partial charge in [0.25, 0.3) is 0 Å². The third-order valence-electron chi connectivity index (χ3n) is 5.03. The second kappa shape index (κ2) is 11.4. The molecule has 2 rings (SSSR count). The number of hydrogen-bond donors (Lipinski definition) is 2. The molecule has 1 heterocycles. The Kier molecular flexibility index (Phi) is 8.90. The van der Waals surface area contributed by atoms with E-state index in [0.717, 1.165) is 5.56 Å². The molecule has 0 radical (unpaired) electrons. The van der Waals surface area contributed by atoms with Gasteiger partial charge in [-0.2, -0.15) is 0 Å². The maximum absolute atomic E-state index is 13.1. The van der Waals surface area contributed by atoms with E-state index in [1.165, 1.54) is 0 Å². The molecule has 0 aromatic heterocycles. The third-order valence-corrected chi connectivity index (χ3v) is 5.03. The fourth-order valence-corrected chi connectivity index (χ4v) is 3.32. The van der Waals surface area contributed by atoms with Crippen LogP contribution in [0.15, 0.2) is 42.5 Å². The monoisotopic (exact) mass is 400 g/mol. The van der Waals surface area contributed by atoms with Crippen LogP contribution in [0.2, 0.25) is 0 Å². The van der Waals surface area contributed by atoms with Crippen LogP contribution in [0.25, 0.3) is 0 Å². The highest BCUT2D eigenvalue weighted by molar-refractivity contribution is 5.88. The van der Waals surface area contributed by atoms with Crippen LogP contribution in [-0.2, 0) is 19.1 Å². The SMILES string of the molecule is CC(C)[C@H]1NC(=O)CCCCOC(=O)C/C=C/[C@H](C)[C@H](c2ccccc2)NC1=O. The molecule has 0 aliphatic carbocycles. The lowest BCUT2D eigenvalue weighted by molar-refractivity contribution is -0.142. The molecule has 2 amide bonds. The van der Waals surface area contributed by atoms with Crippen LogP contribution in [0.3, 0.4) is 0 Å². The van der Waals surface area contributed by atoms with Gasteiger partial charge in [0.2, 0.25) is 11.8 Å². The summed E-state index contributed by atoms with van der Waals surface area (Å²) >= 11 is 0. The highest BCUT2D eigenvalue weighted by Crippen LogP contribution is 2.24. The maximum atomic E-state index is 13.1.